The van der Waals surface area contributed by atoms with Crippen LogP contribution in [0.1, 0.15) is 63.0 Å². The number of hydrogen-bond acceptors (Lipinski definition) is 8. The summed E-state index contributed by atoms with van der Waals surface area (Å²) in [4.78, 5) is 32.1. The molecule has 0 saturated heterocycles. The summed E-state index contributed by atoms with van der Waals surface area (Å²) >= 11 is 6.41. The largest absolute Gasteiger partial charge is 0.355 e. The highest BCUT2D eigenvalue weighted by Gasteiger charge is 2.33. The molecule has 0 radical (unpaired) electrons. The zero-order valence-corrected chi connectivity index (χ0v) is 23.3. The summed E-state index contributed by atoms with van der Waals surface area (Å²) in [6.45, 7) is 9.62. The number of nitriles is 1. The molecule has 1 unspecified atom stereocenters. The molecule has 1 atom stereocenters. The number of hydrogen-bond donors (Lipinski definition) is 2. The van der Waals surface area contributed by atoms with Crippen LogP contribution in [0.25, 0.3) is 5.82 Å². The van der Waals surface area contributed by atoms with E-state index in [0.29, 0.717) is 34.2 Å². The molecule has 3 heterocycles. The molecule has 202 valence electrons. The second kappa shape index (κ2) is 10.4. The third-order valence-corrected chi connectivity index (χ3v) is 6.41. The van der Waals surface area contributed by atoms with Gasteiger partial charge in [-0.05, 0) is 55.3 Å². The zero-order valence-electron chi connectivity index (χ0n) is 22.6. The van der Waals surface area contributed by atoms with Gasteiger partial charge in [0.1, 0.15) is 12.2 Å². The minimum Gasteiger partial charge on any atom is -0.355 e. The van der Waals surface area contributed by atoms with Crippen molar-refractivity contribution < 1.29 is 9.59 Å². The summed E-state index contributed by atoms with van der Waals surface area (Å²) in [6.07, 6.45) is 3.47. The molecular weight excluding hydrogens is 520 g/mol. The van der Waals surface area contributed by atoms with Crippen molar-refractivity contribution in [3.05, 3.63) is 69.6 Å². The number of amides is 2. The number of carbonyl (C=O) groups is 2. The van der Waals surface area contributed by atoms with Gasteiger partial charge in [-0.1, -0.05) is 32.4 Å². The molecule has 3 aromatic heterocycles. The van der Waals surface area contributed by atoms with E-state index >= 15 is 0 Å². The van der Waals surface area contributed by atoms with Crippen LogP contribution in [-0.4, -0.2) is 53.8 Å². The number of halogens is 1. The van der Waals surface area contributed by atoms with Gasteiger partial charge in [-0.25, -0.2) is 9.67 Å². The van der Waals surface area contributed by atoms with Crippen molar-refractivity contribution in [2.24, 2.45) is 5.41 Å². The predicted molar refractivity (Wildman–Crippen MR) is 143 cm³/mol. The second-order valence-corrected chi connectivity index (χ2v) is 11.0. The van der Waals surface area contributed by atoms with Crippen LogP contribution in [0.15, 0.2) is 47.3 Å². The molecule has 0 aromatic carbocycles. The van der Waals surface area contributed by atoms with Crippen molar-refractivity contribution in [2.75, 3.05) is 7.05 Å². The van der Waals surface area contributed by atoms with Crippen molar-refractivity contribution in [3.8, 4) is 11.9 Å². The van der Waals surface area contributed by atoms with Gasteiger partial charge < -0.3 is 10.6 Å². The molecule has 2 N–H and O–H groups in total. The molecule has 3 aromatic rings. The number of allylic oxidation sites excluding steroid dienone is 2. The van der Waals surface area contributed by atoms with E-state index in [2.05, 4.69) is 42.2 Å². The van der Waals surface area contributed by atoms with Crippen molar-refractivity contribution in [1.82, 2.24) is 45.6 Å². The summed E-state index contributed by atoms with van der Waals surface area (Å²) < 4.78 is 1.34. The van der Waals surface area contributed by atoms with Gasteiger partial charge in [0, 0.05) is 18.7 Å². The molecule has 4 rings (SSSR count). The van der Waals surface area contributed by atoms with Crippen LogP contribution in [0.3, 0.4) is 0 Å². The second-order valence-electron chi connectivity index (χ2n) is 10.6. The van der Waals surface area contributed by atoms with Crippen LogP contribution in [-0.2, 0) is 16.8 Å². The van der Waals surface area contributed by atoms with Gasteiger partial charge in [-0.3, -0.25) is 9.59 Å². The van der Waals surface area contributed by atoms with Crippen LogP contribution in [0.2, 0.25) is 5.02 Å². The Morgan fingerprint density at radius 3 is 2.62 bits per heavy atom. The Balaban J connectivity index is 1.73. The Bertz CT molecular complexity index is 1550. The van der Waals surface area contributed by atoms with Crippen molar-refractivity contribution >= 4 is 23.4 Å². The van der Waals surface area contributed by atoms with E-state index in [9.17, 15) is 14.9 Å². The molecule has 2 amide bonds. The molecule has 0 aliphatic heterocycles. The van der Waals surface area contributed by atoms with E-state index in [1.807, 2.05) is 20.8 Å². The van der Waals surface area contributed by atoms with E-state index in [0.717, 1.165) is 0 Å². The average molecular weight is 549 g/mol. The fourth-order valence-corrected chi connectivity index (χ4v) is 4.37. The maximum absolute atomic E-state index is 13.7. The van der Waals surface area contributed by atoms with E-state index in [4.69, 9.17) is 11.6 Å². The first-order valence-corrected chi connectivity index (χ1v) is 12.6. The van der Waals surface area contributed by atoms with Gasteiger partial charge in [-0.15, -0.1) is 10.2 Å². The molecule has 12 nitrogen and oxygen atoms in total. The van der Waals surface area contributed by atoms with Crippen LogP contribution >= 0.6 is 11.6 Å². The number of rotatable bonds is 6. The molecular formula is C26H29ClN10O2. The monoisotopic (exact) mass is 548 g/mol. The maximum Gasteiger partial charge on any atom is 0.274 e. The molecule has 0 spiro atoms. The number of nitrogens with zero attached hydrogens (tertiary/aromatic N) is 8. The van der Waals surface area contributed by atoms with Gasteiger partial charge in [-0.2, -0.15) is 15.2 Å². The Morgan fingerprint density at radius 1 is 1.26 bits per heavy atom. The van der Waals surface area contributed by atoms with Gasteiger partial charge in [0.15, 0.2) is 11.6 Å². The quantitative estimate of drug-likeness (QED) is 0.476. The first-order chi connectivity index (χ1) is 18.3. The Kier molecular flexibility index (Phi) is 7.39. The first-order valence-electron chi connectivity index (χ1n) is 12.2. The lowest BCUT2D eigenvalue weighted by Gasteiger charge is -2.28. The van der Waals surface area contributed by atoms with E-state index in [1.54, 1.807) is 44.3 Å². The summed E-state index contributed by atoms with van der Waals surface area (Å²) in [5, 5.41) is 32.6. The van der Waals surface area contributed by atoms with E-state index < -0.39 is 17.2 Å². The fourth-order valence-electron chi connectivity index (χ4n) is 4.17. The SMILES string of the molecule is CNC(=O)C1=CC(C)(C#N)CC(C)=C1NC(=O)c1cc(Cn2nnc(C(C)(C)C)n2)nn1-c1ncccc1Cl. The topological polar surface area (TPSA) is 156 Å². The third-order valence-electron chi connectivity index (χ3n) is 6.12. The fraction of sp³-hybridized carbons (Fsp3) is 0.385. The van der Waals surface area contributed by atoms with Crippen LogP contribution in [0.4, 0.5) is 0 Å². The number of carbonyl (C=O) groups excluding carboxylic acids is 2. The Morgan fingerprint density at radius 2 is 2.00 bits per heavy atom. The van der Waals surface area contributed by atoms with E-state index in [-0.39, 0.29) is 29.0 Å². The van der Waals surface area contributed by atoms with Crippen molar-refractivity contribution in [2.45, 2.75) is 53.0 Å². The minimum atomic E-state index is -0.882. The van der Waals surface area contributed by atoms with Gasteiger partial charge in [0.05, 0.1) is 33.5 Å². The highest BCUT2D eigenvalue weighted by molar-refractivity contribution is 6.32. The predicted octanol–water partition coefficient (Wildman–Crippen LogP) is 2.86. The molecule has 0 fully saturated rings. The number of likely N-dealkylation sites (N-methyl/N-ethyl adjacent to an activating group) is 1. The highest BCUT2D eigenvalue weighted by atomic mass is 35.5. The number of tetrazole rings is 1. The van der Waals surface area contributed by atoms with Crippen LogP contribution in [0, 0.1) is 16.7 Å². The lowest BCUT2D eigenvalue weighted by Crippen LogP contribution is -2.35. The van der Waals surface area contributed by atoms with Gasteiger partial charge >= 0.3 is 0 Å². The van der Waals surface area contributed by atoms with Crippen molar-refractivity contribution in [3.63, 3.8) is 0 Å². The number of aromatic nitrogens is 7. The summed E-state index contributed by atoms with van der Waals surface area (Å²) in [6, 6.07) is 7.14. The minimum absolute atomic E-state index is 0.131. The lowest BCUT2D eigenvalue weighted by atomic mass is 9.77. The average Bonchev–Trinajstić information content (AvgIpc) is 3.53. The molecule has 0 saturated carbocycles. The lowest BCUT2D eigenvalue weighted by molar-refractivity contribution is -0.116. The van der Waals surface area contributed by atoms with Gasteiger partial charge in [0.25, 0.3) is 11.8 Å². The maximum atomic E-state index is 13.7. The molecule has 0 bridgehead atoms. The number of nitrogens with one attached hydrogen (secondary N) is 2. The Labute approximate surface area is 230 Å². The molecule has 39 heavy (non-hydrogen) atoms. The van der Waals surface area contributed by atoms with E-state index in [1.165, 1.54) is 16.5 Å². The standard InChI is InChI=1S/C26H29ClN10O2/c1-15-11-26(5,14-28)12-17(22(38)29-6)20(15)31-23(39)19-10-16(13-36-34-24(32-35-36)25(2,3)4)33-37(19)21-18(27)8-7-9-30-21/h7-10,12H,11,13H2,1-6H3,(H,29,38)(H,31,39). The molecule has 1 aliphatic rings. The van der Waals surface area contributed by atoms with Gasteiger partial charge in [0.2, 0.25) is 0 Å². The smallest absolute Gasteiger partial charge is 0.274 e. The number of pyridine rings is 1. The first kappa shape index (κ1) is 27.7. The zero-order chi connectivity index (χ0) is 28.5. The summed E-state index contributed by atoms with van der Waals surface area (Å²) in [5.41, 5.74) is 0.668. The van der Waals surface area contributed by atoms with Crippen LogP contribution < -0.4 is 10.6 Å². The van der Waals surface area contributed by atoms with Crippen LogP contribution in [0.5, 0.6) is 0 Å². The normalized spacial score (nSPS) is 17.4. The van der Waals surface area contributed by atoms with Crippen molar-refractivity contribution in [1.29, 1.82) is 5.26 Å². The third kappa shape index (κ3) is 5.73. The summed E-state index contributed by atoms with van der Waals surface area (Å²) in [5.74, 6) is -0.127. The summed E-state index contributed by atoms with van der Waals surface area (Å²) in [7, 11) is 1.49. The highest BCUT2D eigenvalue weighted by Crippen LogP contribution is 2.36. The Hall–Kier alpha value is -4.37. The molecule has 13 heteroatoms. The molecule has 1 aliphatic carbocycles.